The summed E-state index contributed by atoms with van der Waals surface area (Å²) in [6.45, 7) is 5.12. The minimum absolute atomic E-state index is 0.261. The van der Waals surface area contributed by atoms with E-state index in [1.165, 1.54) is 12.1 Å². The van der Waals surface area contributed by atoms with Crippen LogP contribution in [0.5, 0.6) is 0 Å². The van der Waals surface area contributed by atoms with Crippen molar-refractivity contribution in [3.63, 3.8) is 0 Å². The highest BCUT2D eigenvalue weighted by molar-refractivity contribution is 5.28. The number of halogens is 1. The third kappa shape index (κ3) is 3.91. The van der Waals surface area contributed by atoms with E-state index in [1.54, 1.807) is 6.07 Å². The Bertz CT molecular complexity index is 326. The summed E-state index contributed by atoms with van der Waals surface area (Å²) < 4.78 is 18.1. The molecule has 0 aromatic heterocycles. The molecule has 0 bridgehead atoms. The average Bonchev–Trinajstić information content (AvgIpc) is 2.24. The monoisotopic (exact) mass is 226 g/mol. The summed E-state index contributed by atoms with van der Waals surface area (Å²) in [5, 5.41) is 9.91. The number of benzene rings is 1. The maximum absolute atomic E-state index is 12.9. The second-order valence-electron chi connectivity index (χ2n) is 3.86. The van der Waals surface area contributed by atoms with Gasteiger partial charge >= 0.3 is 0 Å². The fourth-order valence-electron chi connectivity index (χ4n) is 1.69. The first-order chi connectivity index (χ1) is 7.65. The number of ether oxygens (including phenoxy) is 1. The van der Waals surface area contributed by atoms with Crippen LogP contribution < -0.4 is 0 Å². The van der Waals surface area contributed by atoms with Crippen molar-refractivity contribution in [3.05, 3.63) is 35.1 Å². The van der Waals surface area contributed by atoms with Crippen molar-refractivity contribution in [2.75, 3.05) is 13.2 Å². The summed E-state index contributed by atoms with van der Waals surface area (Å²) >= 11 is 0. The minimum Gasteiger partial charge on any atom is -0.388 e. The topological polar surface area (TPSA) is 29.5 Å². The van der Waals surface area contributed by atoms with E-state index in [2.05, 4.69) is 0 Å². The van der Waals surface area contributed by atoms with Gasteiger partial charge in [-0.05, 0) is 49.9 Å². The lowest BCUT2D eigenvalue weighted by molar-refractivity contribution is 0.114. The predicted octanol–water partition coefficient (Wildman–Crippen LogP) is 2.98. The van der Waals surface area contributed by atoms with Crippen LogP contribution in [0.2, 0.25) is 0 Å². The third-order valence-corrected chi connectivity index (χ3v) is 2.56. The van der Waals surface area contributed by atoms with Crippen LogP contribution in [-0.4, -0.2) is 18.3 Å². The molecule has 0 aliphatic rings. The number of aryl methyl sites for hydroxylation is 1. The predicted molar refractivity (Wildman–Crippen MR) is 61.8 cm³/mol. The molecule has 90 valence electrons. The molecule has 1 aromatic carbocycles. The Morgan fingerprint density at radius 2 is 2.19 bits per heavy atom. The van der Waals surface area contributed by atoms with Crippen LogP contribution in [0.15, 0.2) is 18.2 Å². The van der Waals surface area contributed by atoms with E-state index in [-0.39, 0.29) is 5.82 Å². The zero-order chi connectivity index (χ0) is 12.0. The molecule has 0 fully saturated rings. The fourth-order valence-corrected chi connectivity index (χ4v) is 1.69. The molecule has 1 rings (SSSR count). The molecule has 2 nitrogen and oxygen atoms in total. The number of aliphatic hydroxyl groups excluding tert-OH is 1. The van der Waals surface area contributed by atoms with Crippen molar-refractivity contribution >= 4 is 0 Å². The van der Waals surface area contributed by atoms with Crippen molar-refractivity contribution < 1.29 is 14.2 Å². The highest BCUT2D eigenvalue weighted by atomic mass is 19.1. The third-order valence-electron chi connectivity index (χ3n) is 2.56. The largest absolute Gasteiger partial charge is 0.388 e. The molecule has 1 unspecified atom stereocenters. The highest BCUT2D eigenvalue weighted by Crippen LogP contribution is 2.22. The number of rotatable bonds is 6. The van der Waals surface area contributed by atoms with Gasteiger partial charge in [0, 0.05) is 13.2 Å². The van der Waals surface area contributed by atoms with E-state index >= 15 is 0 Å². The Hall–Kier alpha value is -0.930. The summed E-state index contributed by atoms with van der Waals surface area (Å²) in [4.78, 5) is 0. The normalized spacial score (nSPS) is 12.8. The maximum atomic E-state index is 12.9. The highest BCUT2D eigenvalue weighted by Gasteiger charge is 2.10. The van der Waals surface area contributed by atoms with Crippen LogP contribution in [0.1, 0.15) is 37.0 Å². The Morgan fingerprint density at radius 1 is 1.44 bits per heavy atom. The minimum atomic E-state index is -0.527. The van der Waals surface area contributed by atoms with Gasteiger partial charge in [0.05, 0.1) is 6.10 Å². The summed E-state index contributed by atoms with van der Waals surface area (Å²) in [6, 6.07) is 4.48. The van der Waals surface area contributed by atoms with Crippen LogP contribution in [0.3, 0.4) is 0 Å². The van der Waals surface area contributed by atoms with E-state index < -0.39 is 6.10 Å². The molecule has 3 heteroatoms. The Balaban J connectivity index is 2.49. The van der Waals surface area contributed by atoms with Gasteiger partial charge in [-0.1, -0.05) is 6.07 Å². The number of hydrogen-bond acceptors (Lipinski definition) is 2. The van der Waals surface area contributed by atoms with Gasteiger partial charge in [0.1, 0.15) is 5.82 Å². The van der Waals surface area contributed by atoms with Gasteiger partial charge in [-0.2, -0.15) is 0 Å². The van der Waals surface area contributed by atoms with E-state index in [0.29, 0.717) is 19.6 Å². The molecule has 0 aliphatic carbocycles. The zero-order valence-corrected chi connectivity index (χ0v) is 9.87. The number of hydrogen-bond donors (Lipinski definition) is 1. The lowest BCUT2D eigenvalue weighted by atomic mass is 10.00. The summed E-state index contributed by atoms with van der Waals surface area (Å²) in [5.74, 6) is -0.261. The van der Waals surface area contributed by atoms with Gasteiger partial charge in [-0.15, -0.1) is 0 Å². The van der Waals surface area contributed by atoms with Gasteiger partial charge in [0.15, 0.2) is 0 Å². The molecule has 1 atom stereocenters. The molecular weight excluding hydrogens is 207 g/mol. The smallest absolute Gasteiger partial charge is 0.123 e. The molecule has 1 N–H and O–H groups in total. The fraction of sp³-hybridized carbons (Fsp3) is 0.538. The first kappa shape index (κ1) is 13.1. The van der Waals surface area contributed by atoms with E-state index in [9.17, 15) is 9.50 Å². The van der Waals surface area contributed by atoms with Crippen molar-refractivity contribution in [2.45, 2.75) is 32.8 Å². The summed E-state index contributed by atoms with van der Waals surface area (Å²) in [5.41, 5.74) is 1.60. The van der Waals surface area contributed by atoms with Gasteiger partial charge in [-0.3, -0.25) is 0 Å². The molecule has 0 heterocycles. The second-order valence-corrected chi connectivity index (χ2v) is 3.86. The zero-order valence-electron chi connectivity index (χ0n) is 9.87. The number of aliphatic hydroxyl groups is 1. The molecule has 0 radical (unpaired) electrons. The molecule has 1 aromatic rings. The van der Waals surface area contributed by atoms with Crippen molar-refractivity contribution in [1.82, 2.24) is 0 Å². The molecule has 0 saturated carbocycles. The van der Waals surface area contributed by atoms with Crippen LogP contribution in [0.25, 0.3) is 0 Å². The van der Waals surface area contributed by atoms with Crippen molar-refractivity contribution in [3.8, 4) is 0 Å². The van der Waals surface area contributed by atoms with Crippen LogP contribution in [0.4, 0.5) is 4.39 Å². The molecule has 0 aliphatic heterocycles. The first-order valence-electron chi connectivity index (χ1n) is 5.67. The van der Waals surface area contributed by atoms with Gasteiger partial charge in [-0.25, -0.2) is 4.39 Å². The van der Waals surface area contributed by atoms with E-state index in [0.717, 1.165) is 17.5 Å². The molecule has 0 amide bonds. The lowest BCUT2D eigenvalue weighted by Gasteiger charge is -2.13. The van der Waals surface area contributed by atoms with E-state index in [1.807, 2.05) is 13.8 Å². The summed E-state index contributed by atoms with van der Waals surface area (Å²) in [6.07, 6.45) is 0.930. The molecule has 16 heavy (non-hydrogen) atoms. The first-order valence-corrected chi connectivity index (χ1v) is 5.67. The van der Waals surface area contributed by atoms with Crippen LogP contribution in [-0.2, 0) is 4.74 Å². The Labute approximate surface area is 96.1 Å². The van der Waals surface area contributed by atoms with Crippen LogP contribution in [0, 0.1) is 12.7 Å². The van der Waals surface area contributed by atoms with Gasteiger partial charge < -0.3 is 9.84 Å². The molecular formula is C13H19FO2. The summed E-state index contributed by atoms with van der Waals surface area (Å²) in [7, 11) is 0. The molecule has 0 saturated heterocycles. The second kappa shape index (κ2) is 6.61. The maximum Gasteiger partial charge on any atom is 0.123 e. The van der Waals surface area contributed by atoms with Crippen molar-refractivity contribution in [2.24, 2.45) is 0 Å². The quantitative estimate of drug-likeness (QED) is 0.756. The van der Waals surface area contributed by atoms with Gasteiger partial charge in [0.2, 0.25) is 0 Å². The van der Waals surface area contributed by atoms with E-state index in [4.69, 9.17) is 4.74 Å². The molecule has 0 spiro atoms. The SMILES string of the molecule is CCOCCCC(O)c1ccc(F)cc1C. The Kier molecular flexibility index (Phi) is 5.43. The standard InChI is InChI=1S/C13H19FO2/c1-3-16-8-4-5-13(15)12-7-6-11(14)9-10(12)2/h6-7,9,13,15H,3-5,8H2,1-2H3. The van der Waals surface area contributed by atoms with Crippen molar-refractivity contribution in [1.29, 1.82) is 0 Å². The lowest BCUT2D eigenvalue weighted by Crippen LogP contribution is -2.03. The van der Waals surface area contributed by atoms with Crippen LogP contribution >= 0.6 is 0 Å². The average molecular weight is 226 g/mol. The Morgan fingerprint density at radius 3 is 2.81 bits per heavy atom. The van der Waals surface area contributed by atoms with Gasteiger partial charge in [0.25, 0.3) is 0 Å².